The monoisotopic (exact) mass is 201 g/mol. The number of hydrogen-bond donors (Lipinski definition) is 1. The van der Waals surface area contributed by atoms with Crippen LogP contribution < -0.4 is 10.5 Å². The van der Waals surface area contributed by atoms with Crippen molar-refractivity contribution in [3.8, 4) is 5.75 Å². The Morgan fingerprint density at radius 3 is 2.71 bits per heavy atom. The van der Waals surface area contributed by atoms with E-state index in [1.54, 1.807) is 18.2 Å². The van der Waals surface area contributed by atoms with Gasteiger partial charge >= 0.3 is 0 Å². The van der Waals surface area contributed by atoms with Crippen molar-refractivity contribution in [2.45, 2.75) is 19.8 Å². The Hall–Kier alpha value is -1.32. The normalized spacial score (nSPS) is 10.6. The second kappa shape index (κ2) is 4.79. The van der Waals surface area contributed by atoms with Crippen LogP contribution in [-0.4, -0.2) is 13.0 Å². The van der Waals surface area contributed by atoms with Crippen LogP contribution in [0, 0.1) is 0 Å². The van der Waals surface area contributed by atoms with E-state index in [4.69, 9.17) is 10.5 Å². The average molecular weight is 201 g/mol. The summed E-state index contributed by atoms with van der Waals surface area (Å²) >= 11 is 0. The van der Waals surface area contributed by atoms with E-state index in [-0.39, 0.29) is 0 Å². The molecular weight excluding hydrogens is 188 g/mol. The van der Waals surface area contributed by atoms with Gasteiger partial charge in [-0.1, -0.05) is 6.92 Å². The van der Waals surface area contributed by atoms with Crippen molar-refractivity contribution in [1.82, 2.24) is 0 Å². The number of halogens is 2. The van der Waals surface area contributed by atoms with Crippen LogP contribution in [0.3, 0.4) is 0 Å². The molecule has 1 aromatic rings. The number of ether oxygens (including phenoxy) is 1. The lowest BCUT2D eigenvalue weighted by Gasteiger charge is -2.08. The van der Waals surface area contributed by atoms with Crippen molar-refractivity contribution in [1.29, 1.82) is 0 Å². The zero-order valence-corrected chi connectivity index (χ0v) is 7.97. The standard InChI is InChI=1S/C10H13F2NO/c1-2-7-5-8(3-4-9(7)13)14-6-10(11)12/h3-5,10H,2,6,13H2,1H3. The third-order valence-electron chi connectivity index (χ3n) is 1.87. The average Bonchev–Trinajstić information content (AvgIpc) is 2.16. The Balaban J connectivity index is 2.69. The molecule has 0 unspecified atom stereocenters. The first-order chi connectivity index (χ1) is 6.63. The molecule has 0 saturated carbocycles. The van der Waals surface area contributed by atoms with Crippen molar-refractivity contribution >= 4 is 5.69 Å². The molecule has 0 heterocycles. The van der Waals surface area contributed by atoms with E-state index in [9.17, 15) is 8.78 Å². The summed E-state index contributed by atoms with van der Waals surface area (Å²) in [7, 11) is 0. The number of hydrogen-bond acceptors (Lipinski definition) is 2. The molecule has 1 aromatic carbocycles. The SMILES string of the molecule is CCc1cc(OCC(F)F)ccc1N. The van der Waals surface area contributed by atoms with E-state index >= 15 is 0 Å². The molecule has 0 spiro atoms. The highest BCUT2D eigenvalue weighted by Gasteiger charge is 2.04. The molecule has 1 rings (SSSR count). The predicted molar refractivity (Wildman–Crippen MR) is 51.7 cm³/mol. The van der Waals surface area contributed by atoms with E-state index in [1.807, 2.05) is 6.92 Å². The third-order valence-corrected chi connectivity index (χ3v) is 1.87. The summed E-state index contributed by atoms with van der Waals surface area (Å²) in [5.41, 5.74) is 7.23. The van der Waals surface area contributed by atoms with E-state index in [1.165, 1.54) is 0 Å². The fourth-order valence-corrected chi connectivity index (χ4v) is 1.14. The Morgan fingerprint density at radius 1 is 1.43 bits per heavy atom. The van der Waals surface area contributed by atoms with Crippen LogP contribution in [0.1, 0.15) is 12.5 Å². The van der Waals surface area contributed by atoms with Gasteiger partial charge in [0.25, 0.3) is 6.43 Å². The minimum Gasteiger partial charge on any atom is -0.488 e. The maximum atomic E-state index is 11.8. The number of nitrogens with two attached hydrogens (primary N) is 1. The van der Waals surface area contributed by atoms with Crippen molar-refractivity contribution < 1.29 is 13.5 Å². The third kappa shape index (κ3) is 2.87. The molecule has 78 valence electrons. The lowest BCUT2D eigenvalue weighted by Crippen LogP contribution is -2.07. The first kappa shape index (κ1) is 10.8. The summed E-state index contributed by atoms with van der Waals surface area (Å²) in [5, 5.41) is 0. The molecule has 0 aliphatic rings. The molecule has 14 heavy (non-hydrogen) atoms. The highest BCUT2D eigenvalue weighted by Crippen LogP contribution is 2.20. The number of rotatable bonds is 4. The molecule has 2 nitrogen and oxygen atoms in total. The van der Waals surface area contributed by atoms with Gasteiger partial charge in [0, 0.05) is 5.69 Å². The van der Waals surface area contributed by atoms with Crippen LogP contribution in [0.25, 0.3) is 0 Å². The van der Waals surface area contributed by atoms with Gasteiger partial charge in [-0.2, -0.15) is 0 Å². The van der Waals surface area contributed by atoms with Gasteiger partial charge in [0.1, 0.15) is 12.4 Å². The van der Waals surface area contributed by atoms with Crippen LogP contribution >= 0.6 is 0 Å². The van der Waals surface area contributed by atoms with Gasteiger partial charge in [-0.3, -0.25) is 0 Å². The van der Waals surface area contributed by atoms with Crippen LogP contribution in [0.5, 0.6) is 5.75 Å². The van der Waals surface area contributed by atoms with E-state index in [0.717, 1.165) is 12.0 Å². The number of alkyl halides is 2. The molecule has 0 atom stereocenters. The molecular formula is C10H13F2NO. The topological polar surface area (TPSA) is 35.2 Å². The maximum absolute atomic E-state index is 11.8. The van der Waals surface area contributed by atoms with Crippen LogP contribution in [0.4, 0.5) is 14.5 Å². The molecule has 2 N–H and O–H groups in total. The fraction of sp³-hybridized carbons (Fsp3) is 0.400. The van der Waals surface area contributed by atoms with Gasteiger partial charge in [-0.05, 0) is 30.2 Å². The summed E-state index contributed by atoms with van der Waals surface area (Å²) in [6.07, 6.45) is -1.69. The zero-order chi connectivity index (χ0) is 10.6. The van der Waals surface area contributed by atoms with E-state index in [0.29, 0.717) is 11.4 Å². The lowest BCUT2D eigenvalue weighted by atomic mass is 10.1. The first-order valence-electron chi connectivity index (χ1n) is 4.42. The van der Waals surface area contributed by atoms with E-state index < -0.39 is 13.0 Å². The van der Waals surface area contributed by atoms with Crippen LogP contribution in [-0.2, 0) is 6.42 Å². The molecule has 0 aliphatic carbocycles. The summed E-state index contributed by atoms with van der Waals surface area (Å²) < 4.78 is 28.5. The van der Waals surface area contributed by atoms with Crippen molar-refractivity contribution in [3.63, 3.8) is 0 Å². The smallest absolute Gasteiger partial charge is 0.272 e. The van der Waals surface area contributed by atoms with Gasteiger partial charge in [0.2, 0.25) is 0 Å². The summed E-state index contributed by atoms with van der Waals surface area (Å²) in [6, 6.07) is 4.95. The van der Waals surface area contributed by atoms with Gasteiger partial charge in [-0.15, -0.1) is 0 Å². The molecule has 0 bridgehead atoms. The largest absolute Gasteiger partial charge is 0.488 e. The zero-order valence-electron chi connectivity index (χ0n) is 7.97. The Bertz CT molecular complexity index is 302. The highest BCUT2D eigenvalue weighted by molar-refractivity contribution is 5.50. The van der Waals surface area contributed by atoms with Crippen molar-refractivity contribution in [3.05, 3.63) is 23.8 Å². The summed E-state index contributed by atoms with van der Waals surface area (Å²) in [4.78, 5) is 0. The molecule has 0 aromatic heterocycles. The first-order valence-corrected chi connectivity index (χ1v) is 4.42. The van der Waals surface area contributed by atoms with Gasteiger partial charge in [0.15, 0.2) is 0 Å². The minimum atomic E-state index is -2.45. The number of aryl methyl sites for hydroxylation is 1. The van der Waals surface area contributed by atoms with E-state index in [2.05, 4.69) is 0 Å². The van der Waals surface area contributed by atoms with Crippen LogP contribution in [0.2, 0.25) is 0 Å². The molecule has 0 saturated heterocycles. The Labute approximate surface area is 81.7 Å². The molecule has 0 amide bonds. The van der Waals surface area contributed by atoms with Crippen molar-refractivity contribution in [2.24, 2.45) is 0 Å². The second-order valence-electron chi connectivity index (χ2n) is 2.92. The highest BCUT2D eigenvalue weighted by atomic mass is 19.3. The number of benzene rings is 1. The second-order valence-corrected chi connectivity index (χ2v) is 2.92. The van der Waals surface area contributed by atoms with Gasteiger partial charge in [-0.25, -0.2) is 8.78 Å². The Kier molecular flexibility index (Phi) is 3.68. The van der Waals surface area contributed by atoms with Gasteiger partial charge < -0.3 is 10.5 Å². The molecule has 4 heteroatoms. The molecule has 0 aliphatic heterocycles. The predicted octanol–water partition coefficient (Wildman–Crippen LogP) is 2.48. The van der Waals surface area contributed by atoms with Gasteiger partial charge in [0.05, 0.1) is 0 Å². The number of anilines is 1. The fourth-order valence-electron chi connectivity index (χ4n) is 1.14. The van der Waals surface area contributed by atoms with Crippen molar-refractivity contribution in [2.75, 3.05) is 12.3 Å². The maximum Gasteiger partial charge on any atom is 0.272 e. The molecule has 0 radical (unpaired) electrons. The number of nitrogen functional groups attached to an aromatic ring is 1. The summed E-state index contributed by atoms with van der Waals surface area (Å²) in [6.45, 7) is 1.37. The lowest BCUT2D eigenvalue weighted by molar-refractivity contribution is 0.0819. The Morgan fingerprint density at radius 2 is 2.14 bits per heavy atom. The quantitative estimate of drug-likeness (QED) is 0.759. The molecule has 0 fully saturated rings. The van der Waals surface area contributed by atoms with Crippen LogP contribution in [0.15, 0.2) is 18.2 Å². The minimum absolute atomic E-state index is 0.441. The summed E-state index contributed by atoms with van der Waals surface area (Å²) in [5.74, 6) is 0.441.